The standard InChI is InChI=1S/C25H31BFNO6/c1-14-11-19(27)22(30)23-20(33-25(4,5)34-23)9-7-8-17-12-18(28(6)26-13-29)10-15(2)21(17)24(31)32-16(14)3/h7-8,10-14,16,20,23,26H,9H2,1-6H3/b8-7+,19-11+/t14-,16+,20+,23+/m1/s1. The molecule has 2 aliphatic rings. The highest BCUT2D eigenvalue weighted by atomic mass is 19.1. The lowest BCUT2D eigenvalue weighted by atomic mass is 9.92. The normalized spacial score (nSPS) is 29.6. The summed E-state index contributed by atoms with van der Waals surface area (Å²) in [6.45, 7) is 8.49. The van der Waals surface area contributed by atoms with Gasteiger partial charge in [0, 0.05) is 11.6 Å². The molecule has 0 unspecified atom stereocenters. The topological polar surface area (TPSA) is 82.1 Å². The number of benzene rings is 1. The molecule has 0 bridgehead atoms. The Morgan fingerprint density at radius 3 is 2.59 bits per heavy atom. The summed E-state index contributed by atoms with van der Waals surface area (Å²) >= 11 is 0. The zero-order valence-corrected chi connectivity index (χ0v) is 20.5. The molecular weight excluding hydrogens is 440 g/mol. The highest BCUT2D eigenvalue weighted by Gasteiger charge is 2.45. The van der Waals surface area contributed by atoms with Crippen LogP contribution in [0.5, 0.6) is 0 Å². The second-order valence-corrected chi connectivity index (χ2v) is 9.36. The van der Waals surface area contributed by atoms with Crippen LogP contribution in [0.25, 0.3) is 6.08 Å². The average molecular weight is 471 g/mol. The van der Waals surface area contributed by atoms with Crippen molar-refractivity contribution in [1.82, 2.24) is 0 Å². The summed E-state index contributed by atoms with van der Waals surface area (Å²) in [5.74, 6) is -3.86. The molecule has 9 heteroatoms. The maximum Gasteiger partial charge on any atom is 0.339 e. The molecule has 182 valence electrons. The van der Waals surface area contributed by atoms with E-state index in [1.807, 2.05) is 12.1 Å². The lowest BCUT2D eigenvalue weighted by Gasteiger charge is -2.22. The molecule has 2 heterocycles. The van der Waals surface area contributed by atoms with E-state index in [0.29, 0.717) is 16.7 Å². The summed E-state index contributed by atoms with van der Waals surface area (Å²) in [5.41, 5.74) is 2.44. The van der Waals surface area contributed by atoms with Gasteiger partial charge in [-0.25, -0.2) is 9.18 Å². The Labute approximate surface area is 200 Å². The molecule has 0 aliphatic carbocycles. The summed E-state index contributed by atoms with van der Waals surface area (Å²) in [5, 5.41) is 0. The first-order valence-corrected chi connectivity index (χ1v) is 11.4. The molecule has 1 aromatic rings. The van der Waals surface area contributed by atoms with E-state index in [4.69, 9.17) is 14.2 Å². The van der Waals surface area contributed by atoms with Gasteiger partial charge < -0.3 is 23.8 Å². The van der Waals surface area contributed by atoms with Crippen LogP contribution in [-0.2, 0) is 23.8 Å². The molecule has 0 spiro atoms. The Bertz CT molecular complexity index is 1040. The molecule has 0 radical (unpaired) electrons. The summed E-state index contributed by atoms with van der Waals surface area (Å²) in [6.07, 6.45) is 3.29. The van der Waals surface area contributed by atoms with E-state index in [-0.39, 0.29) is 13.8 Å². The van der Waals surface area contributed by atoms with Gasteiger partial charge in [-0.2, -0.15) is 0 Å². The van der Waals surface area contributed by atoms with Gasteiger partial charge in [-0.05, 0) is 70.5 Å². The number of anilines is 1. The van der Waals surface area contributed by atoms with Crippen LogP contribution in [0.3, 0.4) is 0 Å². The van der Waals surface area contributed by atoms with Gasteiger partial charge in [0.1, 0.15) is 12.3 Å². The van der Waals surface area contributed by atoms with Gasteiger partial charge in [0.15, 0.2) is 17.7 Å². The number of halogens is 1. The predicted molar refractivity (Wildman–Crippen MR) is 129 cm³/mol. The molecular formula is C25H31BFNO6. The second-order valence-electron chi connectivity index (χ2n) is 9.36. The smallest absolute Gasteiger partial charge is 0.339 e. The van der Waals surface area contributed by atoms with Crippen molar-refractivity contribution in [1.29, 1.82) is 0 Å². The molecule has 1 aromatic carbocycles. The highest BCUT2D eigenvalue weighted by Crippen LogP contribution is 2.33. The van der Waals surface area contributed by atoms with Crippen LogP contribution in [0.1, 0.15) is 55.6 Å². The minimum absolute atomic E-state index is 0.199. The maximum absolute atomic E-state index is 14.8. The van der Waals surface area contributed by atoms with Crippen LogP contribution in [0.15, 0.2) is 30.1 Å². The fraction of sp³-hybridized carbons (Fsp3) is 0.480. The fourth-order valence-electron chi connectivity index (χ4n) is 4.12. The SMILES string of the molecule is Cc1cc(N(C)BC=O)cc2c1C(=O)O[C@@H](C)[C@H](C)/C=C(/F)C(=O)[C@H]1OC(C)(C)O[C@H]1C/C=C/2. The molecule has 1 saturated heterocycles. The number of rotatable bonds is 3. The number of esters is 1. The van der Waals surface area contributed by atoms with Gasteiger partial charge in [-0.15, -0.1) is 0 Å². The van der Waals surface area contributed by atoms with E-state index >= 15 is 0 Å². The van der Waals surface area contributed by atoms with Crippen molar-refractivity contribution in [3.8, 4) is 0 Å². The van der Waals surface area contributed by atoms with E-state index in [9.17, 15) is 18.8 Å². The molecule has 0 amide bonds. The van der Waals surface area contributed by atoms with Crippen molar-refractivity contribution in [3.63, 3.8) is 0 Å². The van der Waals surface area contributed by atoms with E-state index in [1.165, 1.54) is 6.08 Å². The van der Waals surface area contributed by atoms with Gasteiger partial charge in [0.05, 0.1) is 11.7 Å². The largest absolute Gasteiger partial charge is 0.458 e. The maximum atomic E-state index is 14.8. The summed E-state index contributed by atoms with van der Waals surface area (Å²) < 4.78 is 32.1. The molecule has 1 fully saturated rings. The van der Waals surface area contributed by atoms with E-state index in [1.54, 1.807) is 58.6 Å². The Hall–Kier alpha value is -2.78. The van der Waals surface area contributed by atoms with Crippen LogP contribution in [0.4, 0.5) is 10.1 Å². The first-order chi connectivity index (χ1) is 15.9. The highest BCUT2D eigenvalue weighted by molar-refractivity contribution is 6.70. The van der Waals surface area contributed by atoms with E-state index < -0.39 is 47.6 Å². The van der Waals surface area contributed by atoms with Crippen molar-refractivity contribution in [2.75, 3.05) is 11.9 Å². The Morgan fingerprint density at radius 2 is 1.91 bits per heavy atom. The molecule has 0 saturated carbocycles. The minimum atomic E-state index is -1.09. The lowest BCUT2D eigenvalue weighted by Crippen LogP contribution is -2.32. The van der Waals surface area contributed by atoms with Crippen molar-refractivity contribution >= 4 is 37.1 Å². The molecule has 2 aliphatic heterocycles. The Balaban J connectivity index is 2.09. The van der Waals surface area contributed by atoms with E-state index in [2.05, 4.69) is 0 Å². The lowest BCUT2D eigenvalue weighted by molar-refractivity contribution is -0.153. The third kappa shape index (κ3) is 5.64. The zero-order chi connectivity index (χ0) is 25.2. The van der Waals surface area contributed by atoms with Crippen molar-refractivity contribution in [2.45, 2.75) is 65.1 Å². The number of nitrogens with zero attached hydrogens (tertiary/aromatic N) is 1. The molecule has 0 aromatic heterocycles. The van der Waals surface area contributed by atoms with Crippen molar-refractivity contribution < 1.29 is 33.0 Å². The number of ketones is 1. The first kappa shape index (κ1) is 25.8. The number of hydrogen-bond acceptors (Lipinski definition) is 7. The number of fused-ring (bicyclic) bond motifs is 2. The molecule has 4 atom stereocenters. The second kappa shape index (κ2) is 10.2. The van der Waals surface area contributed by atoms with Crippen LogP contribution < -0.4 is 4.81 Å². The summed E-state index contributed by atoms with van der Waals surface area (Å²) in [4.78, 5) is 38.7. The zero-order valence-electron chi connectivity index (χ0n) is 20.5. The van der Waals surface area contributed by atoms with Crippen LogP contribution in [-0.4, -0.2) is 56.5 Å². The van der Waals surface area contributed by atoms with Gasteiger partial charge in [0.25, 0.3) is 0 Å². The molecule has 34 heavy (non-hydrogen) atoms. The van der Waals surface area contributed by atoms with Crippen molar-refractivity contribution in [2.24, 2.45) is 5.92 Å². The van der Waals surface area contributed by atoms with Crippen LogP contribution in [0, 0.1) is 12.8 Å². The van der Waals surface area contributed by atoms with Gasteiger partial charge in [0.2, 0.25) is 5.78 Å². The fourth-order valence-corrected chi connectivity index (χ4v) is 4.12. The van der Waals surface area contributed by atoms with E-state index in [0.717, 1.165) is 11.9 Å². The summed E-state index contributed by atoms with van der Waals surface area (Å²) in [6, 6.07) is 3.63. The number of carbonyl (C=O) groups excluding carboxylic acids is 3. The number of ether oxygens (including phenoxy) is 3. The first-order valence-electron chi connectivity index (χ1n) is 11.4. The number of hydrogen-bond donors (Lipinski definition) is 0. The monoisotopic (exact) mass is 471 g/mol. The minimum Gasteiger partial charge on any atom is -0.458 e. The number of carbonyl (C=O) groups is 3. The summed E-state index contributed by atoms with van der Waals surface area (Å²) in [7, 11) is 1.98. The Kier molecular flexibility index (Phi) is 7.78. The van der Waals surface area contributed by atoms with Gasteiger partial charge in [-0.1, -0.05) is 19.1 Å². The average Bonchev–Trinajstić information content (AvgIpc) is 3.06. The van der Waals surface area contributed by atoms with Crippen LogP contribution >= 0.6 is 0 Å². The van der Waals surface area contributed by atoms with Crippen LogP contribution in [0.2, 0.25) is 0 Å². The third-order valence-electron chi connectivity index (χ3n) is 6.13. The number of Topliss-reactive ketones (excluding diaryl/α,β-unsaturated/α-hetero) is 1. The molecule has 3 rings (SSSR count). The molecule has 7 nitrogen and oxygen atoms in total. The quantitative estimate of drug-likeness (QED) is 0.379. The number of aryl methyl sites for hydroxylation is 1. The molecule has 0 N–H and O–H groups in total. The van der Waals surface area contributed by atoms with Crippen molar-refractivity contribution in [3.05, 3.63) is 46.8 Å². The Morgan fingerprint density at radius 1 is 1.21 bits per heavy atom. The third-order valence-corrected chi connectivity index (χ3v) is 6.13. The van der Waals surface area contributed by atoms with Gasteiger partial charge in [-0.3, -0.25) is 4.79 Å². The number of cyclic esters (lactones) is 1. The predicted octanol–water partition coefficient (Wildman–Crippen LogP) is 3.51. The van der Waals surface area contributed by atoms with Gasteiger partial charge >= 0.3 is 13.4 Å².